The highest BCUT2D eigenvalue weighted by molar-refractivity contribution is 6.32. The molecule has 6 nitrogen and oxygen atoms in total. The summed E-state index contributed by atoms with van der Waals surface area (Å²) in [5.41, 5.74) is 4.16. The van der Waals surface area contributed by atoms with E-state index in [-0.39, 0.29) is 29.6 Å². The van der Waals surface area contributed by atoms with Crippen LogP contribution in [-0.4, -0.2) is 29.9 Å². The number of carbonyl (C=O) groups is 2. The second-order valence-corrected chi connectivity index (χ2v) is 9.68. The molecular weight excluding hydrogens is 514 g/mol. The van der Waals surface area contributed by atoms with Crippen molar-refractivity contribution in [2.45, 2.75) is 32.2 Å². The van der Waals surface area contributed by atoms with Crippen molar-refractivity contribution in [3.05, 3.63) is 130 Å². The van der Waals surface area contributed by atoms with Crippen molar-refractivity contribution in [1.29, 1.82) is 0 Å². The zero-order valence-corrected chi connectivity index (χ0v) is 22.3. The molecule has 7 heteroatoms. The molecule has 1 aliphatic rings. The Morgan fingerprint density at radius 1 is 0.795 bits per heavy atom. The normalized spacial score (nSPS) is 14.3. The summed E-state index contributed by atoms with van der Waals surface area (Å²) in [7, 11) is 1.33. The first-order chi connectivity index (χ1) is 19.0. The molecular formula is C32H28ClNO5. The lowest BCUT2D eigenvalue weighted by molar-refractivity contribution is -0.146. The van der Waals surface area contributed by atoms with Crippen LogP contribution in [0.15, 0.2) is 97.1 Å². The van der Waals surface area contributed by atoms with Crippen LogP contribution in [0.4, 0.5) is 0 Å². The first-order valence-corrected chi connectivity index (χ1v) is 13.0. The Morgan fingerprint density at radius 3 is 1.97 bits per heavy atom. The van der Waals surface area contributed by atoms with E-state index in [4.69, 9.17) is 25.8 Å². The number of hydrogen-bond donors (Lipinski definition) is 0. The number of rotatable bonds is 8. The van der Waals surface area contributed by atoms with E-state index in [1.807, 2.05) is 84.9 Å². The molecule has 39 heavy (non-hydrogen) atoms. The molecule has 198 valence electrons. The predicted octanol–water partition coefficient (Wildman–Crippen LogP) is 6.24. The second-order valence-electron chi connectivity index (χ2n) is 9.27. The minimum Gasteiger partial charge on any atom is -0.488 e. The van der Waals surface area contributed by atoms with E-state index in [2.05, 4.69) is 0 Å². The minimum atomic E-state index is -0.771. The summed E-state index contributed by atoms with van der Waals surface area (Å²) in [5.74, 6) is -0.134. The number of methoxy groups -OCH3 is 1. The van der Waals surface area contributed by atoms with Gasteiger partial charge in [0, 0.05) is 19.0 Å². The molecule has 1 heterocycles. The van der Waals surface area contributed by atoms with E-state index >= 15 is 0 Å². The Balaban J connectivity index is 1.49. The minimum absolute atomic E-state index is 0.240. The number of halogens is 1. The summed E-state index contributed by atoms with van der Waals surface area (Å²) in [5, 5.41) is 0.272. The molecule has 0 saturated carbocycles. The number of carbonyl (C=O) groups excluding carboxylic acids is 2. The highest BCUT2D eigenvalue weighted by Gasteiger charge is 2.37. The number of hydrogen-bond acceptors (Lipinski definition) is 5. The topological polar surface area (TPSA) is 65.1 Å². The van der Waals surface area contributed by atoms with Gasteiger partial charge < -0.3 is 19.1 Å². The van der Waals surface area contributed by atoms with Gasteiger partial charge in [-0.05, 0) is 28.3 Å². The molecule has 1 amide bonds. The third-order valence-corrected chi connectivity index (χ3v) is 7.02. The van der Waals surface area contributed by atoms with Crippen LogP contribution >= 0.6 is 11.6 Å². The van der Waals surface area contributed by atoms with Crippen LogP contribution in [0.1, 0.15) is 32.6 Å². The van der Waals surface area contributed by atoms with Gasteiger partial charge in [-0.1, -0.05) is 96.5 Å². The van der Waals surface area contributed by atoms with Gasteiger partial charge in [-0.25, -0.2) is 4.79 Å². The molecule has 0 aromatic heterocycles. The predicted molar refractivity (Wildman–Crippen MR) is 149 cm³/mol. The Kier molecular flexibility index (Phi) is 8.13. The number of benzene rings is 4. The number of nitrogens with zero attached hydrogens (tertiary/aromatic N) is 1. The summed E-state index contributed by atoms with van der Waals surface area (Å²) >= 11 is 6.63. The molecule has 4 aromatic rings. The summed E-state index contributed by atoms with van der Waals surface area (Å²) in [6.45, 7) is 0.806. The van der Waals surface area contributed by atoms with Gasteiger partial charge in [-0.2, -0.15) is 0 Å². The lowest BCUT2D eigenvalue weighted by Crippen LogP contribution is -2.49. The molecule has 1 atom stereocenters. The first kappa shape index (κ1) is 26.3. The first-order valence-electron chi connectivity index (χ1n) is 12.7. The van der Waals surface area contributed by atoms with E-state index in [1.54, 1.807) is 12.1 Å². The van der Waals surface area contributed by atoms with E-state index < -0.39 is 12.0 Å². The van der Waals surface area contributed by atoms with Crippen LogP contribution in [0.3, 0.4) is 0 Å². The maximum Gasteiger partial charge on any atom is 0.328 e. The third kappa shape index (κ3) is 6.07. The molecule has 0 fully saturated rings. The molecule has 5 rings (SSSR count). The van der Waals surface area contributed by atoms with Gasteiger partial charge in [0.25, 0.3) is 5.91 Å². The SMILES string of the molecule is COC(=O)C1Cc2ccccc2CN1C(=O)c1cc(Cl)c(OCc2ccccc2)cc1OCc1ccccc1. The standard InChI is InChI=1S/C32H28ClNO5/c1-37-32(36)28-16-24-14-8-9-15-25(24)19-34(28)31(35)26-17-27(33)30(39-21-23-12-6-3-7-13-23)18-29(26)38-20-22-10-4-2-5-11-22/h2-15,17-18,28H,16,19-21H2,1H3. The Morgan fingerprint density at radius 2 is 1.36 bits per heavy atom. The van der Waals surface area contributed by atoms with E-state index in [9.17, 15) is 9.59 Å². The number of amides is 1. The Hall–Kier alpha value is -4.29. The largest absolute Gasteiger partial charge is 0.488 e. The van der Waals surface area contributed by atoms with Crippen molar-refractivity contribution in [3.63, 3.8) is 0 Å². The van der Waals surface area contributed by atoms with Gasteiger partial charge in [0.05, 0.1) is 17.7 Å². The highest BCUT2D eigenvalue weighted by Crippen LogP contribution is 2.36. The van der Waals surface area contributed by atoms with E-state index in [1.165, 1.54) is 12.0 Å². The number of esters is 1. The molecule has 1 unspecified atom stereocenters. The van der Waals surface area contributed by atoms with E-state index in [0.717, 1.165) is 22.3 Å². The smallest absolute Gasteiger partial charge is 0.328 e. The number of fused-ring (bicyclic) bond motifs is 1. The van der Waals surface area contributed by atoms with Gasteiger partial charge in [-0.3, -0.25) is 4.79 Å². The second kappa shape index (κ2) is 12.0. The van der Waals surface area contributed by atoms with Crippen molar-refractivity contribution in [2.75, 3.05) is 7.11 Å². The molecule has 1 aliphatic heterocycles. The summed E-state index contributed by atoms with van der Waals surface area (Å²) < 4.78 is 17.2. The number of ether oxygens (including phenoxy) is 3. The van der Waals surface area contributed by atoms with Crippen LogP contribution in [0, 0.1) is 0 Å². The summed E-state index contributed by atoms with van der Waals surface area (Å²) in [4.78, 5) is 28.3. The van der Waals surface area contributed by atoms with Gasteiger partial charge in [0.15, 0.2) is 0 Å². The highest BCUT2D eigenvalue weighted by atomic mass is 35.5. The molecule has 4 aromatic carbocycles. The van der Waals surface area contributed by atoms with Gasteiger partial charge in [0.2, 0.25) is 0 Å². The lowest BCUT2D eigenvalue weighted by Gasteiger charge is -2.35. The Labute approximate surface area is 232 Å². The van der Waals surface area contributed by atoms with Crippen LogP contribution in [0.5, 0.6) is 11.5 Å². The van der Waals surface area contributed by atoms with E-state index in [0.29, 0.717) is 24.5 Å². The van der Waals surface area contributed by atoms with Crippen LogP contribution in [-0.2, 0) is 35.7 Å². The molecule has 0 saturated heterocycles. The molecule has 0 spiro atoms. The average molecular weight is 542 g/mol. The fourth-order valence-electron chi connectivity index (χ4n) is 4.64. The quantitative estimate of drug-likeness (QED) is 0.247. The molecule has 0 aliphatic carbocycles. The zero-order valence-electron chi connectivity index (χ0n) is 21.5. The van der Waals surface area contributed by atoms with Crippen molar-refractivity contribution >= 4 is 23.5 Å². The van der Waals surface area contributed by atoms with Gasteiger partial charge >= 0.3 is 5.97 Å². The Bertz CT molecular complexity index is 1460. The van der Waals surface area contributed by atoms with Crippen molar-refractivity contribution in [2.24, 2.45) is 0 Å². The van der Waals surface area contributed by atoms with Crippen LogP contribution < -0.4 is 9.47 Å². The summed E-state index contributed by atoms with van der Waals surface area (Å²) in [6.07, 6.45) is 0.362. The summed E-state index contributed by atoms with van der Waals surface area (Å²) in [6, 6.07) is 29.6. The monoisotopic (exact) mass is 541 g/mol. The molecule has 0 N–H and O–H groups in total. The van der Waals surface area contributed by atoms with Crippen molar-refractivity contribution in [3.8, 4) is 11.5 Å². The van der Waals surface area contributed by atoms with Crippen LogP contribution in [0.2, 0.25) is 5.02 Å². The molecule has 0 bridgehead atoms. The maximum atomic E-state index is 14.1. The zero-order chi connectivity index (χ0) is 27.2. The molecule has 0 radical (unpaired) electrons. The third-order valence-electron chi connectivity index (χ3n) is 6.72. The maximum absolute atomic E-state index is 14.1. The fraction of sp³-hybridized carbons (Fsp3) is 0.188. The van der Waals surface area contributed by atoms with Crippen LogP contribution in [0.25, 0.3) is 0 Å². The van der Waals surface area contributed by atoms with Gasteiger partial charge in [0.1, 0.15) is 30.8 Å². The van der Waals surface area contributed by atoms with Crippen molar-refractivity contribution in [1.82, 2.24) is 4.90 Å². The fourth-order valence-corrected chi connectivity index (χ4v) is 4.86. The van der Waals surface area contributed by atoms with Crippen molar-refractivity contribution < 1.29 is 23.8 Å². The van der Waals surface area contributed by atoms with Gasteiger partial charge in [-0.15, -0.1) is 0 Å². The lowest BCUT2D eigenvalue weighted by atomic mass is 9.93. The average Bonchev–Trinajstić information content (AvgIpc) is 2.99.